The number of benzene rings is 2. The Bertz CT molecular complexity index is 1020. The van der Waals surface area contributed by atoms with Crippen LogP contribution in [0.2, 0.25) is 0 Å². The van der Waals surface area contributed by atoms with Gasteiger partial charge in [0.25, 0.3) is 5.72 Å². The van der Waals surface area contributed by atoms with Crippen molar-refractivity contribution >= 4 is 17.1 Å². The van der Waals surface area contributed by atoms with Gasteiger partial charge in [-0.15, -0.1) is 10.2 Å². The first-order valence-corrected chi connectivity index (χ1v) is 11.1. The van der Waals surface area contributed by atoms with Crippen molar-refractivity contribution in [1.82, 2.24) is 20.6 Å². The van der Waals surface area contributed by atoms with Crippen LogP contribution in [-0.2, 0) is 12.1 Å². The lowest BCUT2D eigenvalue weighted by Gasteiger charge is -2.33. The Morgan fingerprint density at radius 3 is 2.68 bits per heavy atom. The van der Waals surface area contributed by atoms with Crippen LogP contribution in [0.25, 0.3) is 0 Å². The van der Waals surface area contributed by atoms with Gasteiger partial charge in [-0.3, -0.25) is 5.73 Å². The number of thiocarbonyl (C=S) groups is 1. The minimum Gasteiger partial charge on any atom is -0.483 e. The molecule has 0 saturated carbocycles. The number of aromatic nitrogens is 4. The van der Waals surface area contributed by atoms with E-state index in [0.717, 1.165) is 17.5 Å². The van der Waals surface area contributed by atoms with Gasteiger partial charge in [-0.2, -0.15) is 5.21 Å². The molecule has 162 valence electrons. The molecule has 0 amide bonds. The molecule has 2 aromatic carbocycles. The zero-order chi connectivity index (χ0) is 21.7. The number of aromatic amines is 1. The largest absolute Gasteiger partial charge is 0.483 e. The van der Waals surface area contributed by atoms with E-state index >= 15 is 0 Å². The molecule has 0 saturated heterocycles. The molecule has 0 fully saturated rings. The van der Waals surface area contributed by atoms with Crippen LogP contribution in [0.15, 0.2) is 42.5 Å². The summed E-state index contributed by atoms with van der Waals surface area (Å²) in [6.07, 6.45) is 7.49. The molecule has 3 aromatic rings. The minimum atomic E-state index is -1.34. The van der Waals surface area contributed by atoms with E-state index in [9.17, 15) is 0 Å². The molecule has 1 unspecified atom stereocenters. The van der Waals surface area contributed by atoms with Gasteiger partial charge in [0, 0.05) is 5.56 Å². The molecule has 31 heavy (non-hydrogen) atoms. The number of unbranched alkanes of at least 4 members (excludes halogenated alkanes) is 4. The molecule has 0 bridgehead atoms. The molecule has 0 spiro atoms. The van der Waals surface area contributed by atoms with Crippen molar-refractivity contribution in [2.45, 2.75) is 51.2 Å². The van der Waals surface area contributed by atoms with Crippen molar-refractivity contribution in [1.29, 1.82) is 0 Å². The van der Waals surface area contributed by atoms with Crippen molar-refractivity contribution in [2.75, 3.05) is 6.61 Å². The van der Waals surface area contributed by atoms with E-state index in [2.05, 4.69) is 51.8 Å². The number of aryl methyl sites for hydroxylation is 1. The Kier molecular flexibility index (Phi) is 6.58. The van der Waals surface area contributed by atoms with Crippen LogP contribution < -0.4 is 15.2 Å². The number of para-hydroxylation sites is 1. The van der Waals surface area contributed by atoms with Gasteiger partial charge >= 0.3 is 0 Å². The maximum absolute atomic E-state index is 6.37. The van der Waals surface area contributed by atoms with E-state index in [4.69, 9.17) is 27.4 Å². The molecule has 4 rings (SSSR count). The van der Waals surface area contributed by atoms with E-state index in [1.807, 2.05) is 18.2 Å². The van der Waals surface area contributed by atoms with Gasteiger partial charge in [0.15, 0.2) is 11.5 Å². The standard InChI is InChI=1S/C23H27N5O2S/c1-2-3-4-5-6-8-16-11-13-17(14-12-16)21(31)18-9-7-10-19-20(18)30-23(24,15-29-19)22-25-27-28-26-22/h7,9-14H,2-6,8,15,24H2,1H3,(H,25,26,27,28). The Balaban J connectivity index is 1.50. The van der Waals surface area contributed by atoms with Crippen LogP contribution in [0.4, 0.5) is 0 Å². The number of H-pyrrole nitrogens is 1. The third kappa shape index (κ3) is 4.75. The van der Waals surface area contributed by atoms with Crippen LogP contribution in [0.3, 0.4) is 0 Å². The number of ether oxygens (including phenoxy) is 2. The topological polar surface area (TPSA) is 98.9 Å². The molecule has 0 aliphatic carbocycles. The fourth-order valence-corrected chi connectivity index (χ4v) is 3.97. The normalized spacial score (nSPS) is 17.5. The summed E-state index contributed by atoms with van der Waals surface area (Å²) >= 11 is 5.80. The van der Waals surface area contributed by atoms with Crippen molar-refractivity contribution in [2.24, 2.45) is 5.73 Å². The van der Waals surface area contributed by atoms with Crippen molar-refractivity contribution < 1.29 is 9.47 Å². The number of nitrogens with two attached hydrogens (primary N) is 1. The quantitative estimate of drug-likeness (QED) is 0.296. The summed E-state index contributed by atoms with van der Waals surface area (Å²) in [6.45, 7) is 2.31. The van der Waals surface area contributed by atoms with Gasteiger partial charge in [0.05, 0.1) is 4.86 Å². The van der Waals surface area contributed by atoms with Crippen LogP contribution >= 0.6 is 12.2 Å². The number of fused-ring (bicyclic) bond motifs is 1. The first-order valence-electron chi connectivity index (χ1n) is 10.7. The van der Waals surface area contributed by atoms with E-state index in [0.29, 0.717) is 16.4 Å². The fourth-order valence-electron chi connectivity index (χ4n) is 3.67. The average molecular weight is 438 g/mol. The molecule has 1 aliphatic heterocycles. The van der Waals surface area contributed by atoms with Gasteiger partial charge in [-0.05, 0) is 41.3 Å². The van der Waals surface area contributed by atoms with E-state index in [1.165, 1.54) is 37.7 Å². The van der Waals surface area contributed by atoms with Crippen LogP contribution in [0.5, 0.6) is 11.5 Å². The smallest absolute Gasteiger partial charge is 0.257 e. The van der Waals surface area contributed by atoms with Crippen LogP contribution in [-0.4, -0.2) is 32.1 Å². The summed E-state index contributed by atoms with van der Waals surface area (Å²) in [5, 5.41) is 13.9. The molecule has 1 aliphatic rings. The zero-order valence-electron chi connectivity index (χ0n) is 17.6. The fraction of sp³-hybridized carbons (Fsp3) is 0.391. The summed E-state index contributed by atoms with van der Waals surface area (Å²) in [4.78, 5) is 0.673. The summed E-state index contributed by atoms with van der Waals surface area (Å²) in [6, 6.07) is 14.1. The molecule has 8 heteroatoms. The SMILES string of the molecule is CCCCCCCc1ccc(C(=S)c2cccc3c2OC(N)(c2nn[nH]n2)CO3)cc1. The predicted octanol–water partition coefficient (Wildman–Crippen LogP) is 4.06. The highest BCUT2D eigenvalue weighted by atomic mass is 32.1. The lowest BCUT2D eigenvalue weighted by Crippen LogP contribution is -2.51. The molecule has 1 atom stereocenters. The summed E-state index contributed by atoms with van der Waals surface area (Å²) in [7, 11) is 0. The third-order valence-electron chi connectivity index (χ3n) is 5.46. The monoisotopic (exact) mass is 437 g/mol. The zero-order valence-corrected chi connectivity index (χ0v) is 18.5. The summed E-state index contributed by atoms with van der Waals surface area (Å²) in [5.41, 5.74) is 8.06. The summed E-state index contributed by atoms with van der Waals surface area (Å²) < 4.78 is 12.0. The Hall–Kier alpha value is -2.84. The van der Waals surface area contributed by atoms with Gasteiger partial charge < -0.3 is 9.47 Å². The maximum Gasteiger partial charge on any atom is 0.257 e. The summed E-state index contributed by atoms with van der Waals surface area (Å²) in [5.74, 6) is 1.31. The molecule has 3 N–H and O–H groups in total. The van der Waals surface area contributed by atoms with Crippen molar-refractivity contribution in [3.8, 4) is 11.5 Å². The first kappa shape index (κ1) is 21.4. The number of tetrazole rings is 1. The van der Waals surface area contributed by atoms with Crippen molar-refractivity contribution in [3.05, 3.63) is 65.0 Å². The van der Waals surface area contributed by atoms with Gasteiger partial charge in [0.2, 0.25) is 5.82 Å². The number of nitrogens with zero attached hydrogens (tertiary/aromatic N) is 3. The number of hydrogen-bond donors (Lipinski definition) is 2. The molecule has 0 radical (unpaired) electrons. The van der Waals surface area contributed by atoms with Crippen molar-refractivity contribution in [3.63, 3.8) is 0 Å². The van der Waals surface area contributed by atoms with E-state index in [-0.39, 0.29) is 12.4 Å². The maximum atomic E-state index is 6.37. The molecule has 2 heterocycles. The molecule has 7 nitrogen and oxygen atoms in total. The second-order valence-corrected chi connectivity index (χ2v) is 8.25. The minimum absolute atomic E-state index is 0.0721. The Labute approximate surface area is 187 Å². The molecule has 1 aromatic heterocycles. The number of hydrogen-bond acceptors (Lipinski definition) is 7. The second kappa shape index (κ2) is 9.53. The third-order valence-corrected chi connectivity index (χ3v) is 5.91. The number of rotatable bonds is 9. The Morgan fingerprint density at radius 2 is 1.94 bits per heavy atom. The van der Waals surface area contributed by atoms with Gasteiger partial charge in [-0.1, -0.05) is 75.2 Å². The van der Waals surface area contributed by atoms with E-state index in [1.54, 1.807) is 0 Å². The Morgan fingerprint density at radius 1 is 1.13 bits per heavy atom. The van der Waals surface area contributed by atoms with Gasteiger partial charge in [0.1, 0.15) is 6.61 Å². The average Bonchev–Trinajstić information content (AvgIpc) is 3.35. The number of nitrogens with one attached hydrogen (secondary N) is 1. The highest BCUT2D eigenvalue weighted by Gasteiger charge is 2.41. The van der Waals surface area contributed by atoms with Gasteiger partial charge in [-0.25, -0.2) is 0 Å². The second-order valence-electron chi connectivity index (χ2n) is 7.84. The lowest BCUT2D eigenvalue weighted by molar-refractivity contribution is -0.0149. The molecular formula is C23H27N5O2S. The highest BCUT2D eigenvalue weighted by Crippen LogP contribution is 2.40. The lowest BCUT2D eigenvalue weighted by atomic mass is 9.99. The molecular weight excluding hydrogens is 410 g/mol. The first-order chi connectivity index (χ1) is 15.1. The van der Waals surface area contributed by atoms with Crippen LogP contribution in [0.1, 0.15) is 61.5 Å². The van der Waals surface area contributed by atoms with E-state index < -0.39 is 5.72 Å². The van der Waals surface area contributed by atoms with Crippen LogP contribution in [0, 0.1) is 0 Å². The predicted molar refractivity (Wildman–Crippen MR) is 122 cm³/mol. The highest BCUT2D eigenvalue weighted by molar-refractivity contribution is 7.81.